The number of para-hydroxylation sites is 1. The van der Waals surface area contributed by atoms with Gasteiger partial charge in [-0.15, -0.1) is 0 Å². The van der Waals surface area contributed by atoms with E-state index in [2.05, 4.69) is 11.6 Å². The molecule has 0 aliphatic carbocycles. The number of rotatable bonds is 11. The zero-order valence-electron chi connectivity index (χ0n) is 14.3. The summed E-state index contributed by atoms with van der Waals surface area (Å²) in [5.74, 6) is 0. The number of benzene rings is 1. The topological polar surface area (TPSA) is 89.3 Å². The lowest BCUT2D eigenvalue weighted by atomic mass is 10.1. The normalized spacial score (nSPS) is 13.2. The largest absolute Gasteiger partial charge is 0.289 e. The summed E-state index contributed by atoms with van der Waals surface area (Å²) in [5.41, 5.74) is -0.402. The van der Waals surface area contributed by atoms with E-state index in [-0.39, 0.29) is 10.9 Å². The molecule has 1 aromatic rings. The van der Waals surface area contributed by atoms with Crippen LogP contribution < -0.4 is 4.72 Å². The summed E-state index contributed by atoms with van der Waals surface area (Å²) in [5, 5.41) is 11.1. The molecule has 1 rings (SSSR count). The number of unbranched alkanes of at least 4 members (excludes halogenated alkanes) is 2. The first-order valence-electron chi connectivity index (χ1n) is 8.33. The third kappa shape index (κ3) is 6.41. The van der Waals surface area contributed by atoms with Crippen molar-refractivity contribution in [3.63, 3.8) is 0 Å². The number of hydrogen-bond donors (Lipinski definition) is 1. The monoisotopic (exact) mass is 354 g/mol. The third-order valence-electron chi connectivity index (χ3n) is 3.62. The van der Waals surface area contributed by atoms with E-state index in [9.17, 15) is 18.5 Å². The first-order chi connectivity index (χ1) is 11.4. The van der Waals surface area contributed by atoms with Crippen LogP contribution in [0.5, 0.6) is 0 Å². The van der Waals surface area contributed by atoms with Crippen molar-refractivity contribution in [1.29, 1.82) is 0 Å². The van der Waals surface area contributed by atoms with Gasteiger partial charge in [0.05, 0.1) is 4.92 Å². The van der Waals surface area contributed by atoms with Crippen molar-refractivity contribution in [3.05, 3.63) is 46.5 Å². The molecule has 0 amide bonds. The molecule has 1 atom stereocenters. The maximum Gasteiger partial charge on any atom is 0.289 e. The predicted octanol–water partition coefficient (Wildman–Crippen LogP) is 4.18. The predicted molar refractivity (Wildman–Crippen MR) is 95.4 cm³/mol. The van der Waals surface area contributed by atoms with E-state index in [1.807, 2.05) is 19.1 Å². The molecule has 0 saturated carbocycles. The maximum absolute atomic E-state index is 12.6. The fourth-order valence-electron chi connectivity index (χ4n) is 2.34. The molecule has 134 valence electrons. The lowest BCUT2D eigenvalue weighted by Gasteiger charge is -2.17. The Kier molecular flexibility index (Phi) is 8.63. The highest BCUT2D eigenvalue weighted by atomic mass is 32.2. The van der Waals surface area contributed by atoms with E-state index in [4.69, 9.17) is 0 Å². The van der Waals surface area contributed by atoms with Crippen molar-refractivity contribution in [3.8, 4) is 0 Å². The minimum Gasteiger partial charge on any atom is -0.258 e. The van der Waals surface area contributed by atoms with Gasteiger partial charge in [-0.2, -0.15) is 0 Å². The molecule has 7 heteroatoms. The van der Waals surface area contributed by atoms with Crippen LogP contribution in [0.25, 0.3) is 0 Å². The van der Waals surface area contributed by atoms with Crippen molar-refractivity contribution in [2.45, 2.75) is 63.3 Å². The average Bonchev–Trinajstić information content (AvgIpc) is 2.56. The second-order valence-corrected chi connectivity index (χ2v) is 7.36. The Morgan fingerprint density at radius 1 is 1.21 bits per heavy atom. The molecule has 0 aliphatic heterocycles. The van der Waals surface area contributed by atoms with Crippen LogP contribution in [0.1, 0.15) is 52.4 Å². The van der Waals surface area contributed by atoms with Crippen LogP contribution in [0.4, 0.5) is 5.69 Å². The third-order valence-corrected chi connectivity index (χ3v) is 5.19. The summed E-state index contributed by atoms with van der Waals surface area (Å²) >= 11 is 0. The molecule has 0 heterocycles. The number of hydrogen-bond acceptors (Lipinski definition) is 4. The molecule has 0 aromatic heterocycles. The van der Waals surface area contributed by atoms with E-state index < -0.39 is 20.6 Å². The van der Waals surface area contributed by atoms with Crippen LogP contribution in [0.3, 0.4) is 0 Å². The van der Waals surface area contributed by atoms with E-state index in [0.29, 0.717) is 12.8 Å². The first kappa shape index (κ1) is 20.3. The molecule has 1 aromatic carbocycles. The van der Waals surface area contributed by atoms with Gasteiger partial charge in [-0.05, 0) is 25.3 Å². The molecule has 0 bridgehead atoms. The van der Waals surface area contributed by atoms with Crippen molar-refractivity contribution < 1.29 is 13.3 Å². The van der Waals surface area contributed by atoms with Gasteiger partial charge < -0.3 is 0 Å². The van der Waals surface area contributed by atoms with Gasteiger partial charge in [-0.3, -0.25) is 10.1 Å². The Bertz CT molecular complexity index is 656. The van der Waals surface area contributed by atoms with E-state index in [1.165, 1.54) is 24.3 Å². The zero-order chi connectivity index (χ0) is 18.0. The van der Waals surface area contributed by atoms with Crippen LogP contribution in [-0.2, 0) is 10.0 Å². The Hall–Kier alpha value is -1.73. The first-order valence-corrected chi connectivity index (χ1v) is 9.81. The highest BCUT2D eigenvalue weighted by Gasteiger charge is 2.27. The minimum atomic E-state index is -3.93. The maximum atomic E-state index is 12.6. The molecule has 0 radical (unpaired) electrons. The molecule has 0 fully saturated rings. The number of nitrogens with zero attached hydrogens (tertiary/aromatic N) is 1. The highest BCUT2D eigenvalue weighted by Crippen LogP contribution is 2.23. The summed E-state index contributed by atoms with van der Waals surface area (Å²) < 4.78 is 27.8. The molecule has 0 aliphatic rings. The van der Waals surface area contributed by atoms with Gasteiger partial charge in [0.1, 0.15) is 0 Å². The van der Waals surface area contributed by atoms with Crippen LogP contribution >= 0.6 is 0 Å². The molecular formula is C17H26N2O4S. The number of nitro groups is 1. The van der Waals surface area contributed by atoms with E-state index in [1.54, 1.807) is 0 Å². The number of nitro benzene ring substituents is 1. The number of sulfonamides is 1. The van der Waals surface area contributed by atoms with Crippen molar-refractivity contribution in [2.75, 3.05) is 0 Å². The van der Waals surface area contributed by atoms with Gasteiger partial charge in [-0.25, -0.2) is 13.1 Å². The highest BCUT2D eigenvalue weighted by molar-refractivity contribution is 7.89. The van der Waals surface area contributed by atoms with Crippen LogP contribution in [0.15, 0.2) is 41.3 Å². The zero-order valence-corrected chi connectivity index (χ0v) is 15.1. The Labute approximate surface area is 144 Å². The summed E-state index contributed by atoms with van der Waals surface area (Å²) in [6.45, 7) is 4.12. The van der Waals surface area contributed by atoms with Gasteiger partial charge in [0.25, 0.3) is 5.69 Å². The molecule has 0 saturated heterocycles. The van der Waals surface area contributed by atoms with Gasteiger partial charge >= 0.3 is 0 Å². The second-order valence-electron chi connectivity index (χ2n) is 5.68. The lowest BCUT2D eigenvalue weighted by molar-refractivity contribution is -0.387. The summed E-state index contributed by atoms with van der Waals surface area (Å²) in [6.07, 6.45) is 9.15. The van der Waals surface area contributed by atoms with Gasteiger partial charge in [0.2, 0.25) is 10.0 Å². The Morgan fingerprint density at radius 2 is 1.92 bits per heavy atom. The summed E-state index contributed by atoms with van der Waals surface area (Å²) in [4.78, 5) is 10.1. The van der Waals surface area contributed by atoms with Gasteiger partial charge in [0, 0.05) is 12.1 Å². The van der Waals surface area contributed by atoms with Crippen molar-refractivity contribution in [2.24, 2.45) is 0 Å². The fraction of sp³-hybridized carbons (Fsp3) is 0.529. The van der Waals surface area contributed by atoms with Crippen LogP contribution in [0, 0.1) is 10.1 Å². The lowest BCUT2D eigenvalue weighted by Crippen LogP contribution is -2.34. The van der Waals surface area contributed by atoms with Gasteiger partial charge in [0.15, 0.2) is 4.90 Å². The number of nitrogens with one attached hydrogen (secondary N) is 1. The molecule has 24 heavy (non-hydrogen) atoms. The summed E-state index contributed by atoms with van der Waals surface area (Å²) in [6, 6.07) is 5.16. The molecule has 1 unspecified atom stereocenters. The molecule has 0 spiro atoms. The van der Waals surface area contributed by atoms with Crippen LogP contribution in [-0.4, -0.2) is 19.4 Å². The van der Waals surface area contributed by atoms with E-state index in [0.717, 1.165) is 25.7 Å². The van der Waals surface area contributed by atoms with E-state index >= 15 is 0 Å². The summed E-state index contributed by atoms with van der Waals surface area (Å²) in [7, 11) is -3.93. The molecule has 6 nitrogen and oxygen atoms in total. The van der Waals surface area contributed by atoms with Crippen molar-refractivity contribution >= 4 is 15.7 Å². The van der Waals surface area contributed by atoms with Crippen LogP contribution in [0.2, 0.25) is 0 Å². The van der Waals surface area contributed by atoms with Gasteiger partial charge in [-0.1, -0.05) is 57.4 Å². The Morgan fingerprint density at radius 3 is 2.54 bits per heavy atom. The fourth-order valence-corrected chi connectivity index (χ4v) is 3.79. The Balaban J connectivity index is 2.96. The average molecular weight is 354 g/mol. The number of allylic oxidation sites excluding steroid dienone is 1. The minimum absolute atomic E-state index is 0.261. The standard InChI is InChI=1S/C17H26N2O4S/c1-3-5-7-8-12-15(11-6-4-2)18-24(22,23)17-14-10-9-13-16(17)19(20)21/h7-10,13-15,18H,3-6,11-12H2,1-2H3/b8-7+. The SMILES string of the molecule is CCC/C=C/CC(CCCC)NS(=O)(=O)c1ccccc1[N+](=O)[O-]. The quantitative estimate of drug-likeness (QED) is 0.367. The second kappa shape index (κ2) is 10.2. The smallest absolute Gasteiger partial charge is 0.258 e. The molecule has 1 N–H and O–H groups in total. The van der Waals surface area contributed by atoms with Crippen molar-refractivity contribution in [1.82, 2.24) is 4.72 Å². The molecular weight excluding hydrogens is 328 g/mol.